The molecule has 5 nitrogen and oxygen atoms in total. The summed E-state index contributed by atoms with van der Waals surface area (Å²) in [6.07, 6.45) is 1.48. The van der Waals surface area contributed by atoms with Crippen molar-refractivity contribution in [2.75, 3.05) is 36.9 Å². The van der Waals surface area contributed by atoms with E-state index in [2.05, 4.69) is 5.16 Å². The predicted molar refractivity (Wildman–Crippen MR) is 69.3 cm³/mol. The van der Waals surface area contributed by atoms with Crippen molar-refractivity contribution in [2.45, 2.75) is 0 Å². The van der Waals surface area contributed by atoms with Gasteiger partial charge >= 0.3 is 0 Å². The van der Waals surface area contributed by atoms with Crippen LogP contribution in [0.15, 0.2) is 28.9 Å². The third kappa shape index (κ3) is 2.26. The van der Waals surface area contributed by atoms with Crippen LogP contribution in [0.3, 0.4) is 0 Å². The third-order valence-electron chi connectivity index (χ3n) is 3.21. The first-order chi connectivity index (χ1) is 9.25. The zero-order valence-corrected chi connectivity index (χ0v) is 10.3. The van der Waals surface area contributed by atoms with Gasteiger partial charge in [-0.3, -0.25) is 0 Å². The molecule has 3 rings (SSSR count). The molecule has 0 unspecified atom stereocenters. The Morgan fingerprint density at radius 2 is 2.05 bits per heavy atom. The van der Waals surface area contributed by atoms with E-state index < -0.39 is 0 Å². The monoisotopic (exact) mass is 263 g/mol. The van der Waals surface area contributed by atoms with Gasteiger partial charge in [0.15, 0.2) is 0 Å². The zero-order valence-electron chi connectivity index (χ0n) is 10.3. The number of anilines is 2. The molecule has 6 heteroatoms. The second-order valence-electron chi connectivity index (χ2n) is 4.37. The Morgan fingerprint density at radius 1 is 1.26 bits per heavy atom. The fourth-order valence-corrected chi connectivity index (χ4v) is 2.20. The molecule has 100 valence electrons. The van der Waals surface area contributed by atoms with E-state index in [1.54, 1.807) is 6.07 Å². The van der Waals surface area contributed by atoms with E-state index in [0.717, 1.165) is 0 Å². The number of nitrogens with two attached hydrogens (primary N) is 1. The number of morpholine rings is 1. The number of ether oxygens (including phenoxy) is 1. The van der Waals surface area contributed by atoms with E-state index in [1.165, 1.54) is 12.3 Å². The van der Waals surface area contributed by atoms with Gasteiger partial charge in [-0.05, 0) is 17.7 Å². The van der Waals surface area contributed by atoms with Gasteiger partial charge in [0.25, 0.3) is 0 Å². The fourth-order valence-electron chi connectivity index (χ4n) is 2.20. The number of hydrogen-bond donors (Lipinski definition) is 1. The van der Waals surface area contributed by atoms with Crippen molar-refractivity contribution < 1.29 is 13.7 Å². The SMILES string of the molecule is Nc1oncc1-c1ccc(N2CCOCC2)c(F)c1. The number of nitrogen functional groups attached to an aromatic ring is 1. The molecule has 2 heterocycles. The van der Waals surface area contributed by atoms with Gasteiger partial charge in [-0.15, -0.1) is 0 Å². The number of rotatable bonds is 2. The Morgan fingerprint density at radius 3 is 2.68 bits per heavy atom. The first kappa shape index (κ1) is 12.0. The summed E-state index contributed by atoms with van der Waals surface area (Å²) in [5, 5.41) is 3.59. The van der Waals surface area contributed by atoms with Crippen LogP contribution < -0.4 is 10.6 Å². The van der Waals surface area contributed by atoms with Gasteiger partial charge in [-0.2, -0.15) is 0 Å². The number of aromatic nitrogens is 1. The first-order valence-corrected chi connectivity index (χ1v) is 6.08. The lowest BCUT2D eigenvalue weighted by Gasteiger charge is -2.29. The van der Waals surface area contributed by atoms with Gasteiger partial charge in [0.05, 0.1) is 30.7 Å². The standard InChI is InChI=1S/C13H14FN3O2/c14-11-7-9(10-8-16-19-13(10)15)1-2-12(11)17-3-5-18-6-4-17/h1-2,7-8H,3-6,15H2. The van der Waals surface area contributed by atoms with Crippen molar-refractivity contribution in [1.29, 1.82) is 0 Å². The average molecular weight is 263 g/mol. The second-order valence-corrected chi connectivity index (χ2v) is 4.37. The molecule has 0 atom stereocenters. The van der Waals surface area contributed by atoms with Crippen LogP contribution in [0.1, 0.15) is 0 Å². The number of benzene rings is 1. The van der Waals surface area contributed by atoms with E-state index >= 15 is 0 Å². The fraction of sp³-hybridized carbons (Fsp3) is 0.308. The molecule has 0 radical (unpaired) electrons. The maximum absolute atomic E-state index is 14.2. The highest BCUT2D eigenvalue weighted by Gasteiger charge is 2.16. The molecule has 0 bridgehead atoms. The molecule has 2 aromatic rings. The highest BCUT2D eigenvalue weighted by atomic mass is 19.1. The molecular formula is C13H14FN3O2. The van der Waals surface area contributed by atoms with Gasteiger partial charge in [0, 0.05) is 13.1 Å². The Labute approximate surface area is 109 Å². The van der Waals surface area contributed by atoms with Crippen LogP contribution in [0.2, 0.25) is 0 Å². The average Bonchev–Trinajstić information content (AvgIpc) is 2.86. The van der Waals surface area contributed by atoms with E-state index in [4.69, 9.17) is 15.0 Å². The lowest BCUT2D eigenvalue weighted by atomic mass is 10.1. The van der Waals surface area contributed by atoms with Crippen LogP contribution in [0, 0.1) is 5.82 Å². The first-order valence-electron chi connectivity index (χ1n) is 6.08. The van der Waals surface area contributed by atoms with Crippen LogP contribution in [0.4, 0.5) is 16.0 Å². The maximum atomic E-state index is 14.2. The van der Waals surface area contributed by atoms with Gasteiger partial charge < -0.3 is 19.9 Å². The molecule has 19 heavy (non-hydrogen) atoms. The summed E-state index contributed by atoms with van der Waals surface area (Å²) in [5.41, 5.74) is 7.47. The largest absolute Gasteiger partial charge is 0.378 e. The van der Waals surface area contributed by atoms with Gasteiger partial charge in [0.2, 0.25) is 5.88 Å². The van der Waals surface area contributed by atoms with E-state index in [1.807, 2.05) is 11.0 Å². The molecule has 1 aromatic carbocycles. The quantitative estimate of drug-likeness (QED) is 0.896. The smallest absolute Gasteiger partial charge is 0.229 e. The lowest BCUT2D eigenvalue weighted by molar-refractivity contribution is 0.122. The minimum absolute atomic E-state index is 0.193. The molecule has 1 aromatic heterocycles. The summed E-state index contributed by atoms with van der Waals surface area (Å²) < 4.78 is 24.2. The van der Waals surface area contributed by atoms with Crippen molar-refractivity contribution in [3.05, 3.63) is 30.2 Å². The van der Waals surface area contributed by atoms with Crippen LogP contribution in [-0.4, -0.2) is 31.5 Å². The third-order valence-corrected chi connectivity index (χ3v) is 3.21. The number of hydrogen-bond acceptors (Lipinski definition) is 5. The highest BCUT2D eigenvalue weighted by Crippen LogP contribution is 2.30. The Kier molecular flexibility index (Phi) is 3.08. The van der Waals surface area contributed by atoms with Crippen molar-refractivity contribution in [2.24, 2.45) is 0 Å². The summed E-state index contributed by atoms with van der Waals surface area (Å²) in [4.78, 5) is 1.97. The second kappa shape index (κ2) is 4.89. The van der Waals surface area contributed by atoms with Crippen molar-refractivity contribution >= 4 is 11.6 Å². The molecule has 1 aliphatic rings. The molecule has 1 fully saturated rings. The van der Waals surface area contributed by atoms with E-state index in [9.17, 15) is 4.39 Å². The normalized spacial score (nSPS) is 15.7. The maximum Gasteiger partial charge on any atom is 0.229 e. The zero-order chi connectivity index (χ0) is 13.2. The molecule has 1 saturated heterocycles. The molecule has 0 amide bonds. The topological polar surface area (TPSA) is 64.5 Å². The van der Waals surface area contributed by atoms with Crippen LogP contribution in [-0.2, 0) is 4.74 Å². The van der Waals surface area contributed by atoms with E-state index in [0.29, 0.717) is 43.1 Å². The molecule has 0 saturated carbocycles. The number of nitrogens with zero attached hydrogens (tertiary/aromatic N) is 2. The summed E-state index contributed by atoms with van der Waals surface area (Å²) in [6, 6.07) is 5.02. The van der Waals surface area contributed by atoms with Crippen LogP contribution >= 0.6 is 0 Å². The van der Waals surface area contributed by atoms with Crippen LogP contribution in [0.25, 0.3) is 11.1 Å². The highest BCUT2D eigenvalue weighted by molar-refractivity contribution is 5.73. The van der Waals surface area contributed by atoms with Crippen molar-refractivity contribution in [1.82, 2.24) is 5.16 Å². The molecule has 1 aliphatic heterocycles. The van der Waals surface area contributed by atoms with Gasteiger partial charge in [-0.1, -0.05) is 11.2 Å². The van der Waals surface area contributed by atoms with Gasteiger partial charge in [-0.25, -0.2) is 4.39 Å². The lowest BCUT2D eigenvalue weighted by Crippen LogP contribution is -2.36. The van der Waals surface area contributed by atoms with Crippen LogP contribution in [0.5, 0.6) is 0 Å². The molecule has 2 N–H and O–H groups in total. The van der Waals surface area contributed by atoms with Crippen molar-refractivity contribution in [3.63, 3.8) is 0 Å². The summed E-state index contributed by atoms with van der Waals surface area (Å²) >= 11 is 0. The number of halogens is 1. The molecule has 0 spiro atoms. The minimum Gasteiger partial charge on any atom is -0.378 e. The Bertz CT molecular complexity index is 579. The molecule has 0 aliphatic carbocycles. The summed E-state index contributed by atoms with van der Waals surface area (Å²) in [5.74, 6) is -0.0847. The minimum atomic E-state index is -0.278. The Balaban J connectivity index is 1.91. The van der Waals surface area contributed by atoms with Gasteiger partial charge in [0.1, 0.15) is 5.82 Å². The Hall–Kier alpha value is -2.08. The van der Waals surface area contributed by atoms with E-state index in [-0.39, 0.29) is 11.7 Å². The molecular weight excluding hydrogens is 249 g/mol. The summed E-state index contributed by atoms with van der Waals surface area (Å²) in [6.45, 7) is 2.65. The van der Waals surface area contributed by atoms with Crippen molar-refractivity contribution in [3.8, 4) is 11.1 Å². The predicted octanol–water partition coefficient (Wildman–Crippen LogP) is 1.90. The summed E-state index contributed by atoms with van der Waals surface area (Å²) in [7, 11) is 0.